The molecule has 1 atom stereocenters. The average molecular weight is 397 g/mol. The Labute approximate surface area is 159 Å². The summed E-state index contributed by atoms with van der Waals surface area (Å²) in [4.78, 5) is 12.5. The van der Waals surface area contributed by atoms with Crippen molar-refractivity contribution in [1.29, 1.82) is 0 Å². The molecule has 0 aliphatic heterocycles. The summed E-state index contributed by atoms with van der Waals surface area (Å²) >= 11 is 0. The Balaban J connectivity index is 1.47. The molecule has 0 bridgehead atoms. The summed E-state index contributed by atoms with van der Waals surface area (Å²) in [5.41, 5.74) is -0.757. The lowest BCUT2D eigenvalue weighted by Gasteiger charge is -2.18. The molecule has 2 aromatic rings. The second kappa shape index (κ2) is 7.79. The summed E-state index contributed by atoms with van der Waals surface area (Å²) in [6.45, 7) is -0.252. The maximum absolute atomic E-state index is 13.1. The van der Waals surface area contributed by atoms with Gasteiger partial charge in [-0.15, -0.1) is 0 Å². The minimum atomic E-state index is -4.42. The van der Waals surface area contributed by atoms with Crippen molar-refractivity contribution in [2.75, 3.05) is 13.2 Å². The summed E-state index contributed by atoms with van der Waals surface area (Å²) < 4.78 is 55.9. The molecule has 4 nitrogen and oxygen atoms in total. The molecule has 1 aliphatic carbocycles. The summed E-state index contributed by atoms with van der Waals surface area (Å²) in [6, 6.07) is 9.87. The van der Waals surface area contributed by atoms with Gasteiger partial charge in [-0.25, -0.2) is 4.39 Å². The summed E-state index contributed by atoms with van der Waals surface area (Å²) in [6.07, 6.45) is -4.17. The fraction of sp³-hybridized carbons (Fsp3) is 0.350. The van der Waals surface area contributed by atoms with E-state index < -0.39 is 23.3 Å². The normalized spacial score (nSPS) is 16.3. The molecular formula is C20H19F4NO3. The lowest BCUT2D eigenvalue weighted by atomic mass is 9.95. The van der Waals surface area contributed by atoms with E-state index >= 15 is 0 Å². The molecule has 0 aromatic heterocycles. The number of aliphatic hydroxyl groups excluding tert-OH is 1. The van der Waals surface area contributed by atoms with Crippen molar-refractivity contribution in [3.05, 3.63) is 65.5 Å². The van der Waals surface area contributed by atoms with Crippen LogP contribution in [0.4, 0.5) is 17.6 Å². The van der Waals surface area contributed by atoms with E-state index in [0.29, 0.717) is 12.8 Å². The highest BCUT2D eigenvalue weighted by Gasteiger charge is 2.51. The minimum Gasteiger partial charge on any atom is -0.491 e. The van der Waals surface area contributed by atoms with Crippen molar-refractivity contribution in [2.45, 2.75) is 30.5 Å². The van der Waals surface area contributed by atoms with Gasteiger partial charge in [-0.2, -0.15) is 13.2 Å². The molecular weight excluding hydrogens is 378 g/mol. The van der Waals surface area contributed by atoms with E-state index in [2.05, 4.69) is 5.32 Å². The zero-order valence-corrected chi connectivity index (χ0v) is 14.8. The zero-order valence-electron chi connectivity index (χ0n) is 14.8. The Bertz CT molecular complexity index is 815. The van der Waals surface area contributed by atoms with Crippen molar-refractivity contribution >= 4 is 5.91 Å². The molecule has 0 spiro atoms. The number of hydrogen-bond donors (Lipinski definition) is 2. The molecule has 150 valence electrons. The van der Waals surface area contributed by atoms with Crippen molar-refractivity contribution < 1.29 is 32.2 Å². The van der Waals surface area contributed by atoms with Crippen molar-refractivity contribution in [1.82, 2.24) is 5.32 Å². The van der Waals surface area contributed by atoms with Crippen LogP contribution in [-0.4, -0.2) is 30.3 Å². The lowest BCUT2D eigenvalue weighted by molar-refractivity contribution is -0.137. The Morgan fingerprint density at radius 2 is 1.71 bits per heavy atom. The highest BCUT2D eigenvalue weighted by molar-refractivity contribution is 5.91. The number of aliphatic hydroxyl groups is 1. The van der Waals surface area contributed by atoms with Crippen LogP contribution in [0.3, 0.4) is 0 Å². The van der Waals surface area contributed by atoms with E-state index in [1.54, 1.807) is 12.1 Å². The number of nitrogens with one attached hydrogen (secondary N) is 1. The van der Waals surface area contributed by atoms with Crippen LogP contribution in [-0.2, 0) is 16.4 Å². The van der Waals surface area contributed by atoms with Crippen LogP contribution in [0.5, 0.6) is 5.75 Å². The molecule has 1 saturated carbocycles. The third kappa shape index (κ3) is 4.62. The van der Waals surface area contributed by atoms with Crippen LogP contribution in [0.15, 0.2) is 48.5 Å². The van der Waals surface area contributed by atoms with Crippen LogP contribution in [0, 0.1) is 5.82 Å². The number of rotatable bonds is 7. The first-order chi connectivity index (χ1) is 13.2. The van der Waals surface area contributed by atoms with Gasteiger partial charge in [-0.3, -0.25) is 4.79 Å². The molecule has 3 rings (SSSR count). The Morgan fingerprint density at radius 3 is 2.25 bits per heavy atom. The summed E-state index contributed by atoms with van der Waals surface area (Å²) in [5, 5.41) is 12.6. The summed E-state index contributed by atoms with van der Waals surface area (Å²) in [5.74, 6) is -0.452. The first kappa shape index (κ1) is 20.1. The standard InChI is InChI=1S/C20H19F4NO3/c21-15-5-1-13(2-6-15)19(9-10-19)18(27)25-11-16(26)12-28-17-7-3-14(4-8-17)20(22,23)24/h1-8,16,26H,9-12H2,(H,25,27). The van der Waals surface area contributed by atoms with Gasteiger partial charge in [0.15, 0.2) is 0 Å². The van der Waals surface area contributed by atoms with Crippen LogP contribution in [0.2, 0.25) is 0 Å². The zero-order chi connectivity index (χ0) is 20.4. The molecule has 28 heavy (non-hydrogen) atoms. The summed E-state index contributed by atoms with van der Waals surface area (Å²) in [7, 11) is 0. The number of amides is 1. The van der Waals surface area contributed by atoms with Gasteiger partial charge in [-0.05, 0) is 54.8 Å². The van der Waals surface area contributed by atoms with Gasteiger partial charge < -0.3 is 15.2 Å². The quantitative estimate of drug-likeness (QED) is 0.704. The van der Waals surface area contributed by atoms with Crippen LogP contribution in [0.1, 0.15) is 24.0 Å². The Hall–Kier alpha value is -2.61. The molecule has 1 aliphatic rings. The predicted octanol–water partition coefficient (Wildman–Crippen LogP) is 3.43. The number of benzene rings is 2. The number of alkyl halides is 3. The largest absolute Gasteiger partial charge is 0.491 e. The SMILES string of the molecule is O=C(NCC(O)COc1ccc(C(F)(F)F)cc1)C1(c2ccc(F)cc2)CC1. The molecule has 1 unspecified atom stereocenters. The molecule has 1 fully saturated rings. The molecule has 2 aromatic carbocycles. The van der Waals surface area contributed by atoms with E-state index in [-0.39, 0.29) is 30.6 Å². The van der Waals surface area contributed by atoms with E-state index in [1.807, 2.05) is 0 Å². The van der Waals surface area contributed by atoms with Gasteiger partial charge in [0, 0.05) is 6.54 Å². The monoisotopic (exact) mass is 397 g/mol. The van der Waals surface area contributed by atoms with Gasteiger partial charge in [0.05, 0.1) is 11.0 Å². The van der Waals surface area contributed by atoms with Gasteiger partial charge in [-0.1, -0.05) is 12.1 Å². The molecule has 0 radical (unpaired) electrons. The second-order valence-corrected chi connectivity index (χ2v) is 6.79. The Kier molecular flexibility index (Phi) is 5.60. The number of ether oxygens (including phenoxy) is 1. The van der Waals surface area contributed by atoms with Crippen molar-refractivity contribution in [2.24, 2.45) is 0 Å². The molecule has 0 saturated heterocycles. The molecule has 2 N–H and O–H groups in total. The van der Waals surface area contributed by atoms with E-state index in [4.69, 9.17) is 4.74 Å². The Morgan fingerprint density at radius 1 is 1.11 bits per heavy atom. The van der Waals surface area contributed by atoms with E-state index in [0.717, 1.165) is 17.7 Å². The van der Waals surface area contributed by atoms with Crippen LogP contribution in [0.25, 0.3) is 0 Å². The minimum absolute atomic E-state index is 0.0671. The number of carbonyl (C=O) groups is 1. The maximum Gasteiger partial charge on any atom is 0.416 e. The number of hydrogen-bond acceptors (Lipinski definition) is 3. The third-order valence-electron chi connectivity index (χ3n) is 4.70. The lowest BCUT2D eigenvalue weighted by Crippen LogP contribution is -2.40. The fourth-order valence-corrected chi connectivity index (χ4v) is 2.91. The predicted molar refractivity (Wildman–Crippen MR) is 93.3 cm³/mol. The highest BCUT2D eigenvalue weighted by Crippen LogP contribution is 2.48. The van der Waals surface area contributed by atoms with Gasteiger partial charge in [0.2, 0.25) is 5.91 Å². The van der Waals surface area contributed by atoms with Gasteiger partial charge >= 0.3 is 6.18 Å². The topological polar surface area (TPSA) is 58.6 Å². The first-order valence-corrected chi connectivity index (χ1v) is 8.73. The van der Waals surface area contributed by atoms with Crippen molar-refractivity contribution in [3.8, 4) is 5.75 Å². The molecule has 8 heteroatoms. The highest BCUT2D eigenvalue weighted by atomic mass is 19.4. The number of carbonyl (C=O) groups excluding carboxylic acids is 1. The molecule has 1 amide bonds. The van der Waals surface area contributed by atoms with Gasteiger partial charge in [0.25, 0.3) is 0 Å². The van der Waals surface area contributed by atoms with Crippen molar-refractivity contribution in [3.63, 3.8) is 0 Å². The van der Waals surface area contributed by atoms with Crippen LogP contribution < -0.4 is 10.1 Å². The first-order valence-electron chi connectivity index (χ1n) is 8.73. The molecule has 0 heterocycles. The fourth-order valence-electron chi connectivity index (χ4n) is 2.91. The van der Waals surface area contributed by atoms with Gasteiger partial charge in [0.1, 0.15) is 24.3 Å². The number of halogens is 4. The third-order valence-corrected chi connectivity index (χ3v) is 4.70. The second-order valence-electron chi connectivity index (χ2n) is 6.79. The maximum atomic E-state index is 13.1. The van der Waals surface area contributed by atoms with E-state index in [1.165, 1.54) is 24.3 Å². The smallest absolute Gasteiger partial charge is 0.416 e. The average Bonchev–Trinajstić information content (AvgIpc) is 3.46. The van der Waals surface area contributed by atoms with E-state index in [9.17, 15) is 27.5 Å². The van der Waals surface area contributed by atoms with Crippen LogP contribution >= 0.6 is 0 Å².